The molecule has 0 spiro atoms. The molecule has 4 rings (SSSR count). The van der Waals surface area contributed by atoms with E-state index in [0.717, 1.165) is 6.20 Å². The molecule has 2 aromatic rings. The Labute approximate surface area is 137 Å². The fourth-order valence-electron chi connectivity index (χ4n) is 3.42. The molecule has 0 radical (unpaired) electrons. The molecular formula is C16H18F2N4O2. The molecule has 2 aromatic heterocycles. The van der Waals surface area contributed by atoms with E-state index < -0.39 is 35.7 Å². The molecule has 0 saturated carbocycles. The average molecular weight is 336 g/mol. The van der Waals surface area contributed by atoms with Crippen molar-refractivity contribution in [2.24, 2.45) is 0 Å². The number of hydrogen-bond donors (Lipinski definition) is 1. The number of halogens is 2. The number of anilines is 1. The zero-order valence-electron chi connectivity index (χ0n) is 13.6. The Hall–Kier alpha value is -2.06. The third-order valence-electron chi connectivity index (χ3n) is 4.28. The maximum Gasteiger partial charge on any atom is 0.167 e. The molecule has 1 aliphatic carbocycles. The number of pyridine rings is 1. The third-order valence-corrected chi connectivity index (χ3v) is 4.28. The topological polar surface area (TPSA) is 61.2 Å². The van der Waals surface area contributed by atoms with Gasteiger partial charge >= 0.3 is 0 Å². The molecule has 0 amide bonds. The number of imidazole rings is 1. The number of nitrogens with zero attached hydrogens (tertiary/aromatic N) is 3. The standard InChI is InChI=1S/C16H18F2N4O2/c1-4-19-15-11-12(9(18)6-20-15)22(7-21-11)13-8(17)5-10-14(13)24-16(2,3)23-10/h5-7,10,13-14H,4H2,1-3H3,(H,19,20). The highest BCUT2D eigenvalue weighted by Crippen LogP contribution is 2.45. The van der Waals surface area contributed by atoms with Crippen LogP contribution in [0.1, 0.15) is 26.8 Å². The lowest BCUT2D eigenvalue weighted by molar-refractivity contribution is -0.148. The van der Waals surface area contributed by atoms with Gasteiger partial charge in [-0.05, 0) is 26.8 Å². The van der Waals surface area contributed by atoms with Crippen molar-refractivity contribution in [2.75, 3.05) is 11.9 Å². The number of fused-ring (bicyclic) bond motifs is 2. The zero-order valence-corrected chi connectivity index (χ0v) is 13.6. The minimum atomic E-state index is -0.812. The fourth-order valence-corrected chi connectivity index (χ4v) is 3.42. The number of ether oxygens (including phenoxy) is 2. The third kappa shape index (κ3) is 2.21. The van der Waals surface area contributed by atoms with Crippen LogP contribution in [-0.2, 0) is 9.47 Å². The van der Waals surface area contributed by atoms with Crippen LogP contribution in [-0.4, -0.2) is 39.1 Å². The number of hydrogen-bond acceptors (Lipinski definition) is 5. The molecule has 0 aromatic carbocycles. The summed E-state index contributed by atoms with van der Waals surface area (Å²) in [4.78, 5) is 8.25. The highest BCUT2D eigenvalue weighted by atomic mass is 19.1. The minimum absolute atomic E-state index is 0.198. The summed E-state index contributed by atoms with van der Waals surface area (Å²) in [5, 5.41) is 3.03. The first kappa shape index (κ1) is 15.5. The van der Waals surface area contributed by atoms with Crippen molar-refractivity contribution < 1.29 is 18.3 Å². The van der Waals surface area contributed by atoms with Gasteiger partial charge in [-0.25, -0.2) is 18.7 Å². The highest BCUT2D eigenvalue weighted by Gasteiger charge is 2.51. The largest absolute Gasteiger partial charge is 0.368 e. The quantitative estimate of drug-likeness (QED) is 0.934. The SMILES string of the molecule is CCNc1ncc(F)c2c1ncn2C1C(F)=CC2OC(C)(C)OC21. The first-order valence-electron chi connectivity index (χ1n) is 7.89. The molecule has 2 aliphatic rings. The first-order chi connectivity index (χ1) is 11.4. The second kappa shape index (κ2) is 5.22. The summed E-state index contributed by atoms with van der Waals surface area (Å²) in [6.45, 7) is 6.07. The molecule has 1 aliphatic heterocycles. The van der Waals surface area contributed by atoms with Crippen LogP contribution in [0.25, 0.3) is 11.0 Å². The van der Waals surface area contributed by atoms with E-state index >= 15 is 0 Å². The maximum atomic E-state index is 14.5. The number of rotatable bonds is 3. The van der Waals surface area contributed by atoms with Gasteiger partial charge in [-0.3, -0.25) is 0 Å². The Balaban J connectivity index is 1.83. The van der Waals surface area contributed by atoms with Crippen molar-refractivity contribution in [1.29, 1.82) is 0 Å². The second-order valence-corrected chi connectivity index (χ2v) is 6.40. The van der Waals surface area contributed by atoms with E-state index in [9.17, 15) is 8.78 Å². The van der Waals surface area contributed by atoms with Crippen LogP contribution < -0.4 is 5.32 Å². The van der Waals surface area contributed by atoms with E-state index in [1.54, 1.807) is 13.8 Å². The molecule has 6 nitrogen and oxygen atoms in total. The van der Waals surface area contributed by atoms with Crippen LogP contribution >= 0.6 is 0 Å². The lowest BCUT2D eigenvalue weighted by Gasteiger charge is -2.23. The molecule has 128 valence electrons. The van der Waals surface area contributed by atoms with Gasteiger partial charge in [0.15, 0.2) is 17.4 Å². The van der Waals surface area contributed by atoms with Gasteiger partial charge in [-0.2, -0.15) is 0 Å². The van der Waals surface area contributed by atoms with Crippen molar-refractivity contribution in [1.82, 2.24) is 14.5 Å². The van der Waals surface area contributed by atoms with Gasteiger partial charge in [-0.1, -0.05) is 0 Å². The van der Waals surface area contributed by atoms with E-state index in [2.05, 4.69) is 15.3 Å². The molecule has 1 fully saturated rings. The van der Waals surface area contributed by atoms with Gasteiger partial charge in [0.1, 0.15) is 35.1 Å². The highest BCUT2D eigenvalue weighted by molar-refractivity contribution is 5.86. The van der Waals surface area contributed by atoms with Gasteiger partial charge in [-0.15, -0.1) is 0 Å². The Kier molecular flexibility index (Phi) is 3.36. The lowest BCUT2D eigenvalue weighted by Crippen LogP contribution is -2.28. The minimum Gasteiger partial charge on any atom is -0.368 e. The maximum absolute atomic E-state index is 14.5. The summed E-state index contributed by atoms with van der Waals surface area (Å²) in [5.41, 5.74) is 0.565. The molecule has 24 heavy (non-hydrogen) atoms. The van der Waals surface area contributed by atoms with Crippen LogP contribution in [0.15, 0.2) is 24.4 Å². The van der Waals surface area contributed by atoms with Gasteiger partial charge in [0.25, 0.3) is 0 Å². The normalized spacial score (nSPS) is 28.2. The van der Waals surface area contributed by atoms with Crippen LogP contribution in [0.3, 0.4) is 0 Å². The van der Waals surface area contributed by atoms with Gasteiger partial charge in [0, 0.05) is 6.54 Å². The van der Waals surface area contributed by atoms with Crippen molar-refractivity contribution in [2.45, 2.75) is 44.8 Å². The smallest absolute Gasteiger partial charge is 0.167 e. The average Bonchev–Trinajstić information content (AvgIpc) is 3.12. The summed E-state index contributed by atoms with van der Waals surface area (Å²) in [6.07, 6.45) is 2.86. The first-order valence-corrected chi connectivity index (χ1v) is 7.89. The van der Waals surface area contributed by atoms with Gasteiger partial charge in [0.2, 0.25) is 0 Å². The van der Waals surface area contributed by atoms with Crippen LogP contribution in [0, 0.1) is 5.82 Å². The summed E-state index contributed by atoms with van der Waals surface area (Å²) in [7, 11) is 0. The van der Waals surface area contributed by atoms with E-state index in [4.69, 9.17) is 9.47 Å². The van der Waals surface area contributed by atoms with Crippen LogP contribution in [0.4, 0.5) is 14.6 Å². The van der Waals surface area contributed by atoms with E-state index in [0.29, 0.717) is 17.9 Å². The second-order valence-electron chi connectivity index (χ2n) is 6.40. The summed E-state index contributed by atoms with van der Waals surface area (Å²) in [5.74, 6) is -1.31. The van der Waals surface area contributed by atoms with E-state index in [1.165, 1.54) is 17.0 Å². The number of aromatic nitrogens is 3. The predicted octanol–water partition coefficient (Wildman–Crippen LogP) is 2.93. The molecule has 1 saturated heterocycles. The molecule has 3 heterocycles. The molecular weight excluding hydrogens is 318 g/mol. The van der Waals surface area contributed by atoms with Crippen molar-refractivity contribution in [3.8, 4) is 0 Å². The van der Waals surface area contributed by atoms with Crippen LogP contribution in [0.2, 0.25) is 0 Å². The summed E-state index contributed by atoms with van der Waals surface area (Å²) < 4.78 is 41.9. The Morgan fingerprint density at radius 1 is 1.29 bits per heavy atom. The van der Waals surface area contributed by atoms with E-state index in [-0.39, 0.29) is 5.52 Å². The molecule has 0 bridgehead atoms. The molecule has 8 heteroatoms. The summed E-state index contributed by atoms with van der Waals surface area (Å²) >= 11 is 0. The van der Waals surface area contributed by atoms with Crippen molar-refractivity contribution in [3.63, 3.8) is 0 Å². The monoisotopic (exact) mass is 336 g/mol. The Bertz CT molecular complexity index is 833. The van der Waals surface area contributed by atoms with Crippen molar-refractivity contribution in [3.05, 3.63) is 30.2 Å². The Morgan fingerprint density at radius 2 is 2.08 bits per heavy atom. The van der Waals surface area contributed by atoms with Gasteiger partial charge < -0.3 is 19.4 Å². The molecule has 1 N–H and O–H groups in total. The zero-order chi connectivity index (χ0) is 17.1. The molecule has 3 unspecified atom stereocenters. The predicted molar refractivity (Wildman–Crippen MR) is 83.7 cm³/mol. The summed E-state index contributed by atoms with van der Waals surface area (Å²) in [6, 6.07) is -0.812. The van der Waals surface area contributed by atoms with Crippen LogP contribution in [0.5, 0.6) is 0 Å². The van der Waals surface area contributed by atoms with E-state index in [1.807, 2.05) is 6.92 Å². The lowest BCUT2D eigenvalue weighted by atomic mass is 10.1. The Morgan fingerprint density at radius 3 is 2.83 bits per heavy atom. The number of nitrogens with one attached hydrogen (secondary N) is 1. The molecule has 3 atom stereocenters. The van der Waals surface area contributed by atoms with Crippen molar-refractivity contribution >= 4 is 16.9 Å². The van der Waals surface area contributed by atoms with Gasteiger partial charge in [0.05, 0.1) is 12.5 Å². The fraction of sp³-hybridized carbons (Fsp3) is 0.500.